The van der Waals surface area contributed by atoms with Gasteiger partial charge >= 0.3 is 0 Å². The second kappa shape index (κ2) is 5.30. The van der Waals surface area contributed by atoms with Gasteiger partial charge in [0.1, 0.15) is 0 Å². The zero-order valence-electron chi connectivity index (χ0n) is 10.1. The third-order valence-corrected chi connectivity index (χ3v) is 2.47. The molecular formula is C12H17ClN2O. The Bertz CT molecular complexity index is 391. The van der Waals surface area contributed by atoms with E-state index < -0.39 is 0 Å². The topological polar surface area (TPSA) is 33.2 Å². The Morgan fingerprint density at radius 2 is 2.12 bits per heavy atom. The Labute approximate surface area is 101 Å². The van der Waals surface area contributed by atoms with Crippen LogP contribution in [0.25, 0.3) is 0 Å². The summed E-state index contributed by atoms with van der Waals surface area (Å²) < 4.78 is 0. The first-order chi connectivity index (χ1) is 7.41. The monoisotopic (exact) mass is 240 g/mol. The molecule has 0 aromatic carbocycles. The molecule has 0 spiro atoms. The fourth-order valence-corrected chi connectivity index (χ4v) is 1.79. The molecule has 0 aliphatic heterocycles. The van der Waals surface area contributed by atoms with Gasteiger partial charge in [0, 0.05) is 24.7 Å². The fourth-order valence-electron chi connectivity index (χ4n) is 1.58. The van der Waals surface area contributed by atoms with Gasteiger partial charge in [-0.1, -0.05) is 0 Å². The van der Waals surface area contributed by atoms with E-state index in [0.717, 1.165) is 11.4 Å². The summed E-state index contributed by atoms with van der Waals surface area (Å²) in [6, 6.07) is 3.66. The molecule has 16 heavy (non-hydrogen) atoms. The quantitative estimate of drug-likeness (QED) is 0.761. The van der Waals surface area contributed by atoms with Crippen LogP contribution in [0.3, 0.4) is 0 Å². The van der Waals surface area contributed by atoms with E-state index in [-0.39, 0.29) is 11.3 Å². The number of alkyl halides is 1. The van der Waals surface area contributed by atoms with Crippen LogP contribution < -0.4 is 0 Å². The minimum Gasteiger partial charge on any atom is -0.340 e. The van der Waals surface area contributed by atoms with Crippen LogP contribution in [0.15, 0.2) is 12.1 Å². The first-order valence-electron chi connectivity index (χ1n) is 5.25. The van der Waals surface area contributed by atoms with Crippen molar-refractivity contribution in [1.29, 1.82) is 0 Å². The van der Waals surface area contributed by atoms with Gasteiger partial charge in [0.25, 0.3) is 5.91 Å². The maximum absolute atomic E-state index is 12.0. The molecule has 0 saturated heterocycles. The van der Waals surface area contributed by atoms with E-state index in [1.165, 1.54) is 0 Å². The fraction of sp³-hybridized carbons (Fsp3) is 0.500. The van der Waals surface area contributed by atoms with Gasteiger partial charge in [-0.25, -0.2) is 0 Å². The van der Waals surface area contributed by atoms with Crippen LogP contribution in [0.5, 0.6) is 0 Å². The number of hydrogen-bond donors (Lipinski definition) is 0. The predicted molar refractivity (Wildman–Crippen MR) is 66.0 cm³/mol. The van der Waals surface area contributed by atoms with Crippen molar-refractivity contribution in [2.24, 2.45) is 0 Å². The van der Waals surface area contributed by atoms with Gasteiger partial charge in [-0.2, -0.15) is 0 Å². The largest absolute Gasteiger partial charge is 0.340 e. The molecular weight excluding hydrogens is 224 g/mol. The predicted octanol–water partition coefficient (Wildman–Crippen LogP) is 2.40. The molecule has 1 aromatic rings. The van der Waals surface area contributed by atoms with Crippen molar-refractivity contribution in [3.8, 4) is 0 Å². The molecule has 0 N–H and O–H groups in total. The van der Waals surface area contributed by atoms with E-state index in [4.69, 9.17) is 11.6 Å². The second-order valence-electron chi connectivity index (χ2n) is 4.05. The molecule has 1 heterocycles. The van der Waals surface area contributed by atoms with Crippen LogP contribution in [-0.4, -0.2) is 34.8 Å². The molecule has 1 atom stereocenters. The summed E-state index contributed by atoms with van der Waals surface area (Å²) in [5.41, 5.74) is 2.33. The van der Waals surface area contributed by atoms with Gasteiger partial charge in [0.15, 0.2) is 0 Å². The summed E-state index contributed by atoms with van der Waals surface area (Å²) in [4.78, 5) is 17.9. The van der Waals surface area contributed by atoms with E-state index in [1.807, 2.05) is 32.9 Å². The Kier molecular flexibility index (Phi) is 4.30. The summed E-state index contributed by atoms with van der Waals surface area (Å²) in [6.07, 6.45) is 0. The Morgan fingerprint density at radius 3 is 2.62 bits per heavy atom. The molecule has 0 bridgehead atoms. The number of rotatable bonds is 3. The van der Waals surface area contributed by atoms with Crippen LogP contribution in [0, 0.1) is 13.8 Å². The molecule has 1 unspecified atom stereocenters. The van der Waals surface area contributed by atoms with Crippen molar-refractivity contribution in [2.45, 2.75) is 26.1 Å². The van der Waals surface area contributed by atoms with Crippen molar-refractivity contribution in [3.63, 3.8) is 0 Å². The number of carbonyl (C=O) groups is 1. The molecule has 0 saturated carbocycles. The van der Waals surface area contributed by atoms with Crippen LogP contribution in [0.2, 0.25) is 0 Å². The zero-order valence-corrected chi connectivity index (χ0v) is 10.9. The summed E-state index contributed by atoms with van der Waals surface area (Å²) >= 11 is 5.86. The van der Waals surface area contributed by atoms with Crippen molar-refractivity contribution in [1.82, 2.24) is 9.88 Å². The maximum atomic E-state index is 12.0. The molecule has 1 amide bonds. The lowest BCUT2D eigenvalue weighted by atomic mass is 10.1. The third kappa shape index (κ3) is 3.20. The van der Waals surface area contributed by atoms with Crippen LogP contribution >= 0.6 is 11.6 Å². The summed E-state index contributed by atoms with van der Waals surface area (Å²) in [5, 5.41) is -0.0485. The minimum absolute atomic E-state index is 0.0301. The summed E-state index contributed by atoms with van der Waals surface area (Å²) in [7, 11) is 1.75. The highest BCUT2D eigenvalue weighted by molar-refractivity contribution is 6.20. The number of aromatic nitrogens is 1. The zero-order chi connectivity index (χ0) is 12.3. The molecule has 1 rings (SSSR count). The summed E-state index contributed by atoms with van der Waals surface area (Å²) in [5.74, 6) is -0.0301. The lowest BCUT2D eigenvalue weighted by molar-refractivity contribution is 0.0795. The third-order valence-electron chi connectivity index (χ3n) is 2.33. The minimum atomic E-state index is -0.0485. The van der Waals surface area contributed by atoms with E-state index in [9.17, 15) is 4.79 Å². The van der Waals surface area contributed by atoms with E-state index in [0.29, 0.717) is 12.1 Å². The van der Waals surface area contributed by atoms with Gasteiger partial charge in [-0.15, -0.1) is 11.6 Å². The number of nitrogens with zero attached hydrogens (tertiary/aromatic N) is 2. The van der Waals surface area contributed by atoms with Gasteiger partial charge in [0.2, 0.25) is 0 Å². The first-order valence-corrected chi connectivity index (χ1v) is 5.69. The average Bonchev–Trinajstić information content (AvgIpc) is 2.15. The Balaban J connectivity index is 2.88. The van der Waals surface area contributed by atoms with Crippen molar-refractivity contribution < 1.29 is 4.79 Å². The number of carbonyl (C=O) groups excluding carboxylic acids is 1. The van der Waals surface area contributed by atoms with Crippen LogP contribution in [-0.2, 0) is 0 Å². The molecule has 4 heteroatoms. The maximum Gasteiger partial charge on any atom is 0.255 e. The molecule has 88 valence electrons. The Hall–Kier alpha value is -1.09. The SMILES string of the molecule is Cc1ccc(C(=O)N(C)CC(C)Cl)c(C)n1. The van der Waals surface area contributed by atoms with Gasteiger partial charge in [-0.3, -0.25) is 9.78 Å². The van der Waals surface area contributed by atoms with Crippen LogP contribution in [0.4, 0.5) is 0 Å². The highest BCUT2D eigenvalue weighted by Gasteiger charge is 2.15. The van der Waals surface area contributed by atoms with Gasteiger partial charge in [-0.05, 0) is 32.9 Å². The smallest absolute Gasteiger partial charge is 0.255 e. The highest BCUT2D eigenvalue weighted by atomic mass is 35.5. The molecule has 0 radical (unpaired) electrons. The molecule has 3 nitrogen and oxygen atoms in total. The first kappa shape index (κ1) is 13.0. The van der Waals surface area contributed by atoms with Crippen molar-refractivity contribution >= 4 is 17.5 Å². The second-order valence-corrected chi connectivity index (χ2v) is 4.80. The van der Waals surface area contributed by atoms with Crippen LogP contribution in [0.1, 0.15) is 28.7 Å². The van der Waals surface area contributed by atoms with E-state index in [1.54, 1.807) is 11.9 Å². The number of amides is 1. The molecule has 0 fully saturated rings. The lowest BCUT2D eigenvalue weighted by Gasteiger charge is -2.19. The number of aryl methyl sites for hydroxylation is 2. The molecule has 0 aliphatic carbocycles. The van der Waals surface area contributed by atoms with Crippen molar-refractivity contribution in [3.05, 3.63) is 29.1 Å². The van der Waals surface area contributed by atoms with E-state index in [2.05, 4.69) is 4.98 Å². The Morgan fingerprint density at radius 1 is 1.50 bits per heavy atom. The van der Waals surface area contributed by atoms with Gasteiger partial charge in [0.05, 0.1) is 11.3 Å². The van der Waals surface area contributed by atoms with E-state index >= 15 is 0 Å². The highest BCUT2D eigenvalue weighted by Crippen LogP contribution is 2.10. The summed E-state index contributed by atoms with van der Waals surface area (Å²) in [6.45, 7) is 6.16. The normalized spacial score (nSPS) is 12.3. The van der Waals surface area contributed by atoms with Gasteiger partial charge < -0.3 is 4.90 Å². The van der Waals surface area contributed by atoms with Crippen molar-refractivity contribution in [2.75, 3.05) is 13.6 Å². The number of halogens is 1. The number of hydrogen-bond acceptors (Lipinski definition) is 2. The lowest BCUT2D eigenvalue weighted by Crippen LogP contribution is -2.32. The molecule has 0 aliphatic rings. The number of pyridine rings is 1. The average molecular weight is 241 g/mol. The standard InChI is InChI=1S/C12H17ClN2O/c1-8(13)7-15(4)12(16)11-6-5-9(2)14-10(11)3/h5-6,8H,7H2,1-4H3. The molecule has 1 aromatic heterocycles.